The van der Waals surface area contributed by atoms with Crippen LogP contribution in [0.4, 0.5) is 42.9 Å². The van der Waals surface area contributed by atoms with Crippen LogP contribution in [0.25, 0.3) is 76.8 Å². The fourth-order valence-electron chi connectivity index (χ4n) is 12.1. The van der Waals surface area contributed by atoms with Crippen molar-refractivity contribution in [2.45, 2.75) is 105 Å². The number of nitrogens with zero attached hydrogens (tertiary/aromatic N) is 2. The fourth-order valence-corrected chi connectivity index (χ4v) is 12.1. The van der Waals surface area contributed by atoms with Crippen molar-refractivity contribution in [1.29, 1.82) is 0 Å². The van der Waals surface area contributed by atoms with Crippen LogP contribution in [-0.4, -0.2) is 0 Å². The Bertz CT molecular complexity index is 4080. The molecular formula is C80H74F2N2. The molecule has 0 aromatic heterocycles. The van der Waals surface area contributed by atoms with E-state index in [4.69, 9.17) is 0 Å². The number of hydrogen-bond acceptors (Lipinski definition) is 2. The van der Waals surface area contributed by atoms with Crippen LogP contribution >= 0.6 is 0 Å². The summed E-state index contributed by atoms with van der Waals surface area (Å²) in [6, 6.07) is 79.9. The maximum Gasteiger partial charge on any atom is 0.155 e. The first-order chi connectivity index (χ1) is 40.0. The van der Waals surface area contributed by atoms with Crippen molar-refractivity contribution < 1.29 is 8.78 Å². The molecule has 4 heteroatoms. The molecule has 418 valence electrons. The topological polar surface area (TPSA) is 6.48 Å². The summed E-state index contributed by atoms with van der Waals surface area (Å²) in [5, 5.41) is 6.09. The largest absolute Gasteiger partial charge is 0.307 e. The monoisotopic (exact) mass is 1100 g/mol. The van der Waals surface area contributed by atoms with Gasteiger partial charge in [0, 0.05) is 33.3 Å². The molecule has 0 radical (unpaired) electrons. The van der Waals surface area contributed by atoms with E-state index in [-0.39, 0.29) is 33.3 Å². The molecule has 84 heavy (non-hydrogen) atoms. The Labute approximate surface area is 496 Å². The van der Waals surface area contributed by atoms with Crippen LogP contribution in [0.1, 0.15) is 105 Å². The average molecular weight is 1100 g/mol. The summed E-state index contributed by atoms with van der Waals surface area (Å²) in [7, 11) is 0. The van der Waals surface area contributed by atoms with Gasteiger partial charge in [-0.1, -0.05) is 253 Å². The molecule has 12 rings (SSSR count). The Kier molecular flexibility index (Phi) is 14.0. The Hall–Kier alpha value is -8.86. The Balaban J connectivity index is 1.09. The standard InChI is InChI=1S/C80H74F2N2/c1-77(2,3)59-35-23-51(24-36-59)57-47-67(53-27-39-61(40-28-53)79(7,8)9)75(81)71(49-57)83(63-19-15-13-16-20-63)69-45-33-55-32-44-66-70(46-34-56-31-43-65(69)73(55)74(56)66)84(64-21-17-14-18-22-64)72-50-58(52-25-37-60(38-26-52)78(4,5)6)48-68(76(72)82)54-29-41-62(42-30-54)80(10,11)12/h13-50H,1-12H3. The number of benzene rings is 12. The highest BCUT2D eigenvalue weighted by molar-refractivity contribution is 6.28. The van der Waals surface area contributed by atoms with Crippen LogP contribution in [0.15, 0.2) is 231 Å². The molecule has 0 bridgehead atoms. The molecule has 0 aliphatic carbocycles. The quantitative estimate of drug-likeness (QED) is 0.126. The fraction of sp³-hybridized carbons (Fsp3) is 0.200. The zero-order chi connectivity index (χ0) is 59.0. The first-order valence-electron chi connectivity index (χ1n) is 29.5. The van der Waals surface area contributed by atoms with Crippen molar-refractivity contribution >= 4 is 66.4 Å². The summed E-state index contributed by atoms with van der Waals surface area (Å²) < 4.78 is 36.9. The minimum atomic E-state index is -0.317. The number of para-hydroxylation sites is 2. The highest BCUT2D eigenvalue weighted by atomic mass is 19.1. The first-order valence-corrected chi connectivity index (χ1v) is 29.5. The zero-order valence-electron chi connectivity index (χ0n) is 50.6. The van der Waals surface area contributed by atoms with Gasteiger partial charge in [-0.25, -0.2) is 8.78 Å². The third-order valence-electron chi connectivity index (χ3n) is 17.0. The SMILES string of the molecule is CC(C)(C)c1ccc(-c2cc(-c3ccc(C(C)(C)C)cc3)c(F)c(N(c3ccccc3)c3ccc4ccc5c(N(c6ccccc6)c6cc(-c7ccc(C(C)(C)C)cc7)cc(-c7ccc(C(C)(C)C)cc7)c6F)ccc6ccc3c4c65)c2)cc1. The van der Waals surface area contributed by atoms with Gasteiger partial charge in [0.15, 0.2) is 11.6 Å². The molecular weight excluding hydrogens is 1030 g/mol. The summed E-state index contributed by atoms with van der Waals surface area (Å²) in [6.45, 7) is 26.6. The van der Waals surface area contributed by atoms with Crippen LogP contribution in [0.2, 0.25) is 0 Å². The molecule has 0 heterocycles. The number of hydrogen-bond donors (Lipinski definition) is 0. The molecule has 0 spiro atoms. The van der Waals surface area contributed by atoms with Crippen molar-refractivity contribution in [2.75, 3.05) is 9.80 Å². The maximum atomic E-state index is 18.4. The lowest BCUT2D eigenvalue weighted by Gasteiger charge is -2.30. The van der Waals surface area contributed by atoms with E-state index in [0.29, 0.717) is 22.5 Å². The molecule has 0 N–H and O–H groups in total. The van der Waals surface area contributed by atoms with Crippen LogP contribution < -0.4 is 9.80 Å². The molecule has 12 aromatic carbocycles. The van der Waals surface area contributed by atoms with E-state index in [1.165, 1.54) is 22.3 Å². The zero-order valence-corrected chi connectivity index (χ0v) is 50.6. The van der Waals surface area contributed by atoms with Crippen LogP contribution in [0, 0.1) is 11.6 Å². The van der Waals surface area contributed by atoms with Crippen LogP contribution in [0.5, 0.6) is 0 Å². The van der Waals surface area contributed by atoms with E-state index >= 15 is 8.78 Å². The van der Waals surface area contributed by atoms with Gasteiger partial charge in [-0.15, -0.1) is 0 Å². The summed E-state index contributed by atoms with van der Waals surface area (Å²) in [6.07, 6.45) is 0. The summed E-state index contributed by atoms with van der Waals surface area (Å²) in [4.78, 5) is 4.20. The van der Waals surface area contributed by atoms with Crippen molar-refractivity contribution in [2.24, 2.45) is 0 Å². The van der Waals surface area contributed by atoms with Gasteiger partial charge < -0.3 is 9.80 Å². The molecule has 0 aliphatic heterocycles. The lowest BCUT2D eigenvalue weighted by atomic mass is 9.85. The number of rotatable bonds is 10. The van der Waals surface area contributed by atoms with Crippen LogP contribution in [-0.2, 0) is 21.7 Å². The second-order valence-corrected chi connectivity index (χ2v) is 27.0. The van der Waals surface area contributed by atoms with E-state index in [1.807, 2.05) is 60.7 Å². The molecule has 0 atom stereocenters. The third kappa shape index (κ3) is 10.4. The predicted molar refractivity (Wildman–Crippen MR) is 356 cm³/mol. The predicted octanol–water partition coefficient (Wildman–Crippen LogP) is 23.7. The highest BCUT2D eigenvalue weighted by Gasteiger charge is 2.28. The maximum absolute atomic E-state index is 18.4. The molecule has 0 amide bonds. The third-order valence-corrected chi connectivity index (χ3v) is 17.0. The van der Waals surface area contributed by atoms with E-state index < -0.39 is 0 Å². The Morgan fingerprint density at radius 2 is 0.548 bits per heavy atom. The second-order valence-electron chi connectivity index (χ2n) is 27.0. The summed E-state index contributed by atoms with van der Waals surface area (Å²) in [5.74, 6) is -0.634. The minimum Gasteiger partial charge on any atom is -0.307 e. The highest BCUT2D eigenvalue weighted by Crippen LogP contribution is 2.51. The van der Waals surface area contributed by atoms with Crippen molar-refractivity contribution in [1.82, 2.24) is 0 Å². The summed E-state index contributed by atoms with van der Waals surface area (Å²) in [5.41, 5.74) is 15.3. The number of halogens is 2. The molecule has 0 fully saturated rings. The smallest absolute Gasteiger partial charge is 0.155 e. The van der Waals surface area contributed by atoms with Gasteiger partial charge in [-0.2, -0.15) is 0 Å². The lowest BCUT2D eigenvalue weighted by Crippen LogP contribution is -2.14. The van der Waals surface area contributed by atoms with Gasteiger partial charge in [-0.3, -0.25) is 0 Å². The Morgan fingerprint density at radius 3 is 0.845 bits per heavy atom. The van der Waals surface area contributed by atoms with E-state index in [9.17, 15) is 0 Å². The van der Waals surface area contributed by atoms with Crippen molar-refractivity contribution in [3.63, 3.8) is 0 Å². The van der Waals surface area contributed by atoms with Gasteiger partial charge in [0.1, 0.15) is 0 Å². The second kappa shape index (κ2) is 21.1. The van der Waals surface area contributed by atoms with Gasteiger partial charge >= 0.3 is 0 Å². The van der Waals surface area contributed by atoms with Gasteiger partial charge in [0.2, 0.25) is 0 Å². The van der Waals surface area contributed by atoms with Crippen LogP contribution in [0.3, 0.4) is 0 Å². The van der Waals surface area contributed by atoms with Crippen molar-refractivity contribution in [3.8, 4) is 44.5 Å². The van der Waals surface area contributed by atoms with E-state index in [0.717, 1.165) is 88.4 Å². The molecule has 12 aromatic rings. The lowest BCUT2D eigenvalue weighted by molar-refractivity contribution is 0.590. The summed E-state index contributed by atoms with van der Waals surface area (Å²) >= 11 is 0. The Morgan fingerprint density at radius 1 is 0.262 bits per heavy atom. The van der Waals surface area contributed by atoms with E-state index in [2.05, 4.69) is 263 Å². The normalized spacial score (nSPS) is 12.4. The van der Waals surface area contributed by atoms with Crippen molar-refractivity contribution in [3.05, 3.63) is 264 Å². The van der Waals surface area contributed by atoms with Gasteiger partial charge in [0.25, 0.3) is 0 Å². The average Bonchev–Trinajstić information content (AvgIpc) is 1.03. The molecule has 0 aliphatic rings. The molecule has 2 nitrogen and oxygen atoms in total. The van der Waals surface area contributed by atoms with Gasteiger partial charge in [0.05, 0.1) is 22.7 Å². The van der Waals surface area contributed by atoms with E-state index in [1.54, 1.807) is 0 Å². The minimum absolute atomic E-state index is 0.0320. The molecule has 0 saturated carbocycles. The molecule has 0 saturated heterocycles. The first kappa shape index (κ1) is 55.7. The number of anilines is 6. The van der Waals surface area contributed by atoms with Gasteiger partial charge in [-0.05, 0) is 160 Å². The molecule has 0 unspecified atom stereocenters.